The van der Waals surface area contributed by atoms with E-state index < -0.39 is 61.0 Å². The first-order valence-corrected chi connectivity index (χ1v) is 10.5. The molecule has 14 heteroatoms. The van der Waals surface area contributed by atoms with Crippen LogP contribution in [0.1, 0.15) is 44.9 Å². The number of aliphatic hydroxyl groups excluding tert-OH is 4. The van der Waals surface area contributed by atoms with Crippen LogP contribution in [0.4, 0.5) is 0 Å². The van der Waals surface area contributed by atoms with Gasteiger partial charge in [0.2, 0.25) is 5.91 Å². The summed E-state index contributed by atoms with van der Waals surface area (Å²) in [7, 11) is 0. The molecule has 2 rings (SSSR count). The van der Waals surface area contributed by atoms with Gasteiger partial charge in [0.1, 0.15) is 24.4 Å². The first-order valence-electron chi connectivity index (χ1n) is 10.5. The first-order chi connectivity index (χ1) is 15.0. The Morgan fingerprint density at radius 3 is 1.94 bits per heavy atom. The maximum Gasteiger partial charge on any atom is 2.00 e. The fourth-order valence-corrected chi connectivity index (χ4v) is 3.50. The van der Waals surface area contributed by atoms with E-state index in [-0.39, 0.29) is 52.4 Å². The van der Waals surface area contributed by atoms with E-state index in [1.807, 2.05) is 0 Å². The zero-order valence-corrected chi connectivity index (χ0v) is 20.3. The van der Waals surface area contributed by atoms with E-state index in [0.29, 0.717) is 0 Å². The largest absolute Gasteiger partial charge is 2.00 e. The third-order valence-corrected chi connectivity index (χ3v) is 5.57. The topological polar surface area (TPSA) is 252 Å². The molecule has 1 saturated heterocycles. The molecule has 7 atom stereocenters. The van der Waals surface area contributed by atoms with E-state index in [1.165, 1.54) is 12.8 Å². The van der Waals surface area contributed by atoms with Crippen LogP contribution in [0.15, 0.2) is 0 Å². The second-order valence-electron chi connectivity index (χ2n) is 8.02. The van der Waals surface area contributed by atoms with Gasteiger partial charge in [-0.25, -0.2) is 0 Å². The fourth-order valence-electron chi connectivity index (χ4n) is 3.50. The van der Waals surface area contributed by atoms with Crippen LogP contribution >= 0.6 is 0 Å². The third-order valence-electron chi connectivity index (χ3n) is 5.57. The number of nitrogens with one attached hydrogen (secondary N) is 1. The standard InChI is InChI=1S/C13H21NO10.C6H14N2.Pt/c15-4-6-9(17)10(18)8(13(23)24-6)14-7(16)3-1-2-5(11(19)20)12(21)22;7-5-3-1-2-4-6(5)8;/h5-6,8-10,13,15,17-18,23H,1-4H2,(H,14,16)(H,19,20)(H,21,22);5-6H,1-4,7-8H2;/q;;+2/p-2/t6-,8-,9-,10-,13?;5-,6-;/m11./s1. The minimum absolute atomic E-state index is 0. The van der Waals surface area contributed by atoms with Crippen LogP contribution in [0.5, 0.6) is 0 Å². The number of rotatable bonds is 8. The minimum atomic E-state index is -1.85. The van der Waals surface area contributed by atoms with Gasteiger partial charge in [0.05, 0.1) is 18.5 Å². The van der Waals surface area contributed by atoms with Gasteiger partial charge in [0.25, 0.3) is 0 Å². The van der Waals surface area contributed by atoms with Gasteiger partial charge in [-0.1, -0.05) is 12.8 Å². The Hall–Kier alpha value is -1.18. The van der Waals surface area contributed by atoms with Crippen molar-refractivity contribution in [1.82, 2.24) is 5.32 Å². The van der Waals surface area contributed by atoms with Gasteiger partial charge in [-0.3, -0.25) is 4.79 Å². The Bertz CT molecular complexity index is 605. The molecule has 0 radical (unpaired) electrons. The molecule has 1 heterocycles. The Kier molecular flexibility index (Phi) is 15.1. The molecule has 0 aromatic heterocycles. The monoisotopic (exact) mass is 658 g/mol. The number of carbonyl (C=O) groups excluding carboxylic acids is 3. The molecule has 1 aliphatic carbocycles. The second-order valence-corrected chi connectivity index (χ2v) is 8.02. The number of amides is 1. The van der Waals surface area contributed by atoms with E-state index in [0.717, 1.165) is 12.8 Å². The van der Waals surface area contributed by atoms with E-state index in [4.69, 9.17) is 21.3 Å². The van der Waals surface area contributed by atoms with Crippen molar-refractivity contribution in [3.05, 3.63) is 0 Å². The van der Waals surface area contributed by atoms with Gasteiger partial charge >= 0.3 is 21.1 Å². The van der Waals surface area contributed by atoms with E-state index in [9.17, 15) is 39.9 Å². The summed E-state index contributed by atoms with van der Waals surface area (Å²) in [6, 6.07) is -0.805. The average Bonchev–Trinajstić information content (AvgIpc) is 2.73. The van der Waals surface area contributed by atoms with Crippen molar-refractivity contribution in [2.45, 2.75) is 87.7 Å². The van der Waals surface area contributed by atoms with Crippen LogP contribution in [0.2, 0.25) is 0 Å². The van der Waals surface area contributed by atoms with E-state index in [2.05, 4.69) is 5.32 Å². The number of aliphatic carboxylic acids is 2. The number of hydrogen-bond donors (Lipinski definition) is 7. The smallest absolute Gasteiger partial charge is 0.549 e. The summed E-state index contributed by atoms with van der Waals surface area (Å²) in [5.41, 5.74) is 11.3. The molecule has 13 nitrogen and oxygen atoms in total. The molecule has 2 aliphatic rings. The number of carbonyl (C=O) groups is 3. The molecule has 33 heavy (non-hydrogen) atoms. The van der Waals surface area contributed by atoms with Crippen molar-refractivity contribution in [1.29, 1.82) is 0 Å². The number of carboxylic acid groups (broad SMARTS) is 2. The Morgan fingerprint density at radius 2 is 1.52 bits per heavy atom. The number of nitrogens with two attached hydrogens (primary N) is 2. The zero-order valence-electron chi connectivity index (χ0n) is 18.0. The molecule has 1 unspecified atom stereocenters. The van der Waals surface area contributed by atoms with Crippen molar-refractivity contribution in [3.8, 4) is 0 Å². The summed E-state index contributed by atoms with van der Waals surface area (Å²) in [6.45, 7) is -0.649. The Balaban J connectivity index is 0.000000956. The summed E-state index contributed by atoms with van der Waals surface area (Å²) in [6.07, 6.45) is -2.05. The molecule has 0 bridgehead atoms. The van der Waals surface area contributed by atoms with Crippen LogP contribution in [0, 0.1) is 5.92 Å². The summed E-state index contributed by atoms with van der Waals surface area (Å²) in [5.74, 6) is -6.22. The zero-order chi connectivity index (χ0) is 24.4. The summed E-state index contributed by atoms with van der Waals surface area (Å²) >= 11 is 0. The summed E-state index contributed by atoms with van der Waals surface area (Å²) in [4.78, 5) is 32.8. The maximum absolute atomic E-state index is 11.7. The molecule has 1 saturated carbocycles. The number of carboxylic acids is 2. The number of ether oxygens (including phenoxy) is 1. The average molecular weight is 659 g/mol. The quantitative estimate of drug-likeness (QED) is 0.121. The molecule has 1 amide bonds. The van der Waals surface area contributed by atoms with Crippen LogP contribution in [0.3, 0.4) is 0 Å². The second kappa shape index (κ2) is 15.7. The Morgan fingerprint density at radius 1 is 1.00 bits per heavy atom. The molecule has 2 fully saturated rings. The molecule has 9 N–H and O–H groups in total. The predicted molar refractivity (Wildman–Crippen MR) is 104 cm³/mol. The molecule has 194 valence electrons. The van der Waals surface area contributed by atoms with E-state index >= 15 is 0 Å². The molecular formula is C19H33N3O10Pt. The normalized spacial score (nSPS) is 31.5. The van der Waals surface area contributed by atoms with Crippen LogP contribution in [-0.2, 0) is 40.2 Å². The molecule has 0 spiro atoms. The van der Waals surface area contributed by atoms with Gasteiger partial charge in [-0.15, -0.1) is 0 Å². The van der Waals surface area contributed by atoms with Gasteiger partial charge in [-0.2, -0.15) is 0 Å². The van der Waals surface area contributed by atoms with E-state index in [1.54, 1.807) is 0 Å². The SMILES string of the molecule is N[C@@H]1CCCC[C@H]1N.O=C(CCCC(C(=O)[O-])C(=O)[O-])N[C@H]1C(O)O[C@H](CO)[C@@H](O)[C@@H]1O.[Pt+2]. The summed E-state index contributed by atoms with van der Waals surface area (Å²) in [5, 5.41) is 61.4. The van der Waals surface area contributed by atoms with Crippen LogP contribution < -0.4 is 27.0 Å². The van der Waals surface area contributed by atoms with Crippen LogP contribution in [0.25, 0.3) is 0 Å². The van der Waals surface area contributed by atoms with Gasteiger partial charge in [0, 0.05) is 24.4 Å². The Labute approximate surface area is 205 Å². The summed E-state index contributed by atoms with van der Waals surface area (Å²) < 4.78 is 4.85. The van der Waals surface area contributed by atoms with Crippen molar-refractivity contribution in [2.75, 3.05) is 6.61 Å². The molecular weight excluding hydrogens is 625 g/mol. The predicted octanol–water partition coefficient (Wildman–Crippen LogP) is -5.60. The van der Waals surface area contributed by atoms with Crippen molar-refractivity contribution in [2.24, 2.45) is 17.4 Å². The van der Waals surface area contributed by atoms with Crippen molar-refractivity contribution >= 4 is 17.8 Å². The minimum Gasteiger partial charge on any atom is -0.549 e. The maximum atomic E-state index is 11.7. The third kappa shape index (κ3) is 10.3. The van der Waals surface area contributed by atoms with Crippen LogP contribution in [-0.4, -0.2) is 87.6 Å². The molecule has 0 aromatic rings. The first kappa shape index (κ1) is 31.8. The number of hydrogen-bond acceptors (Lipinski definition) is 12. The van der Waals surface area contributed by atoms with Crippen molar-refractivity contribution in [3.63, 3.8) is 0 Å². The van der Waals surface area contributed by atoms with Gasteiger partial charge in [0.15, 0.2) is 6.29 Å². The molecule has 1 aliphatic heterocycles. The fraction of sp³-hybridized carbons (Fsp3) is 0.842. The van der Waals surface area contributed by atoms with Gasteiger partial charge < -0.3 is 61.7 Å². The molecule has 0 aromatic carbocycles. The van der Waals surface area contributed by atoms with Gasteiger partial charge in [-0.05, 0) is 25.7 Å². The number of aliphatic hydroxyl groups is 4. The van der Waals surface area contributed by atoms with Crippen molar-refractivity contribution < 1.29 is 70.8 Å².